The number of allylic oxidation sites excluding steroid dienone is 2. The lowest BCUT2D eigenvalue weighted by Crippen LogP contribution is -2.29. The van der Waals surface area contributed by atoms with Crippen molar-refractivity contribution in [2.75, 3.05) is 26.4 Å². The fourth-order valence-electron chi connectivity index (χ4n) is 7.56. The van der Waals surface area contributed by atoms with Crippen molar-refractivity contribution in [3.8, 4) is 0 Å². The number of hydrogen-bond donors (Lipinski definition) is 4. The van der Waals surface area contributed by atoms with Gasteiger partial charge in [0.2, 0.25) is 0 Å². The number of aliphatic hydroxyl groups excluding tert-OH is 2. The minimum Gasteiger partial charge on any atom is -0.462 e. The van der Waals surface area contributed by atoms with Crippen LogP contribution in [0.25, 0.3) is 0 Å². The van der Waals surface area contributed by atoms with E-state index in [0.717, 1.165) is 38.5 Å². The number of phosphoric acid groups is 1. The molecule has 0 aromatic carbocycles. The molecule has 0 aromatic heterocycles. The number of carbonyl (C=O) groups is 3. The molecule has 0 saturated heterocycles. The van der Waals surface area contributed by atoms with Crippen LogP contribution >= 0.6 is 7.82 Å². The molecule has 1 fully saturated rings. The molecule has 6 atom stereocenters. The molecule has 1 unspecified atom stereocenters. The average Bonchev–Trinajstić information content (AvgIpc) is 3.49. The van der Waals surface area contributed by atoms with E-state index in [1.54, 1.807) is 12.2 Å². The van der Waals surface area contributed by atoms with Gasteiger partial charge in [-0.1, -0.05) is 173 Å². The maximum Gasteiger partial charge on any atom is 0.472 e. The lowest BCUT2D eigenvalue weighted by atomic mass is 9.90. The lowest BCUT2D eigenvalue weighted by molar-refractivity contribution is -0.161. The van der Waals surface area contributed by atoms with Crippen molar-refractivity contribution in [3.63, 3.8) is 0 Å². The Morgan fingerprint density at radius 3 is 1.85 bits per heavy atom. The summed E-state index contributed by atoms with van der Waals surface area (Å²) >= 11 is 0. The van der Waals surface area contributed by atoms with E-state index in [2.05, 4.69) is 13.8 Å². The Morgan fingerprint density at radius 2 is 1.28 bits per heavy atom. The Bertz CT molecular complexity index is 1200. The zero-order valence-corrected chi connectivity index (χ0v) is 38.6. The predicted octanol–water partition coefficient (Wildman–Crippen LogP) is 10.5. The van der Waals surface area contributed by atoms with Gasteiger partial charge in [0.1, 0.15) is 12.4 Å². The highest BCUT2D eigenvalue weighted by molar-refractivity contribution is 7.47. The van der Waals surface area contributed by atoms with Crippen LogP contribution in [0.2, 0.25) is 0 Å². The minimum atomic E-state index is -4.45. The Morgan fingerprint density at radius 1 is 0.750 bits per heavy atom. The molecule has 0 amide bonds. The summed E-state index contributed by atoms with van der Waals surface area (Å²) in [6.07, 6.45) is 34.3. The minimum absolute atomic E-state index is 0.00811. The molecule has 0 bridgehead atoms. The zero-order chi connectivity index (χ0) is 44.1. The third-order valence-corrected chi connectivity index (χ3v) is 12.2. The van der Waals surface area contributed by atoms with Gasteiger partial charge < -0.3 is 30.3 Å². The molecule has 1 saturated carbocycles. The molecular formula is C47H86NO11P. The van der Waals surface area contributed by atoms with Gasteiger partial charge in [0, 0.05) is 37.6 Å². The summed E-state index contributed by atoms with van der Waals surface area (Å²) in [6, 6.07) is 0. The van der Waals surface area contributed by atoms with Crippen LogP contribution in [0.15, 0.2) is 24.3 Å². The smallest absolute Gasteiger partial charge is 0.462 e. The summed E-state index contributed by atoms with van der Waals surface area (Å²) in [5, 5.41) is 20.7. The predicted molar refractivity (Wildman–Crippen MR) is 239 cm³/mol. The molecule has 0 radical (unpaired) electrons. The van der Waals surface area contributed by atoms with Gasteiger partial charge in [-0.05, 0) is 32.1 Å². The quantitative estimate of drug-likeness (QED) is 0.0197. The first-order valence-electron chi connectivity index (χ1n) is 23.9. The molecular weight excluding hydrogens is 785 g/mol. The summed E-state index contributed by atoms with van der Waals surface area (Å²) in [4.78, 5) is 47.7. The number of phosphoric ester groups is 1. The Hall–Kier alpha value is -1.92. The first kappa shape index (κ1) is 56.1. The van der Waals surface area contributed by atoms with E-state index in [1.165, 1.54) is 96.3 Å². The SMILES string of the molecule is CCCCCCCCCCCCCCCCCCCCCC(=O)OC[C@H](COP(=O)(O)OCCN)OC(=O)CCC/C=C\C[C@H]1C(=O)C[C@@H](O)[C@@H]1/C=C/[C@@H](O)CCCCC. The van der Waals surface area contributed by atoms with Gasteiger partial charge in [-0.25, -0.2) is 4.57 Å². The van der Waals surface area contributed by atoms with E-state index < -0.39 is 44.7 Å². The van der Waals surface area contributed by atoms with Crippen LogP contribution in [-0.2, 0) is 37.5 Å². The second kappa shape index (κ2) is 37.6. The summed E-state index contributed by atoms with van der Waals surface area (Å²) in [7, 11) is -4.45. The van der Waals surface area contributed by atoms with Crippen LogP contribution in [0.5, 0.6) is 0 Å². The van der Waals surface area contributed by atoms with Gasteiger partial charge in [-0.2, -0.15) is 0 Å². The summed E-state index contributed by atoms with van der Waals surface area (Å²) in [5.41, 5.74) is 5.35. The van der Waals surface area contributed by atoms with Gasteiger partial charge in [0.25, 0.3) is 0 Å². The van der Waals surface area contributed by atoms with Crippen molar-refractivity contribution >= 4 is 25.5 Å². The van der Waals surface area contributed by atoms with Crippen LogP contribution in [0.3, 0.4) is 0 Å². The summed E-state index contributed by atoms with van der Waals surface area (Å²) in [6.45, 7) is 3.34. The maximum absolute atomic E-state index is 12.7. The number of carbonyl (C=O) groups excluding carboxylic acids is 3. The van der Waals surface area contributed by atoms with E-state index >= 15 is 0 Å². The van der Waals surface area contributed by atoms with Crippen LogP contribution in [0.1, 0.15) is 200 Å². The van der Waals surface area contributed by atoms with E-state index in [9.17, 15) is 34.1 Å². The number of Topliss-reactive ketones (excluding diaryl/α,β-unsaturated/α-hetero) is 1. The molecule has 5 N–H and O–H groups in total. The van der Waals surface area contributed by atoms with Crippen molar-refractivity contribution < 1.29 is 52.6 Å². The number of aliphatic hydroxyl groups is 2. The molecule has 60 heavy (non-hydrogen) atoms. The lowest BCUT2D eigenvalue weighted by Gasteiger charge is -2.19. The van der Waals surface area contributed by atoms with Gasteiger partial charge in [0.05, 0.1) is 25.4 Å². The van der Waals surface area contributed by atoms with Gasteiger partial charge in [0.15, 0.2) is 6.10 Å². The number of nitrogens with two attached hydrogens (primary N) is 1. The van der Waals surface area contributed by atoms with E-state index in [1.807, 2.05) is 12.2 Å². The van der Waals surface area contributed by atoms with Gasteiger partial charge in [-0.15, -0.1) is 0 Å². The fourth-order valence-corrected chi connectivity index (χ4v) is 8.32. The van der Waals surface area contributed by atoms with Crippen LogP contribution < -0.4 is 5.73 Å². The van der Waals surface area contributed by atoms with Gasteiger partial charge in [-0.3, -0.25) is 23.4 Å². The Labute approximate surface area is 363 Å². The molecule has 350 valence electrons. The monoisotopic (exact) mass is 872 g/mol. The van der Waals surface area contributed by atoms with Gasteiger partial charge >= 0.3 is 19.8 Å². The first-order chi connectivity index (χ1) is 29.0. The van der Waals surface area contributed by atoms with Crippen molar-refractivity contribution in [1.82, 2.24) is 0 Å². The zero-order valence-electron chi connectivity index (χ0n) is 37.7. The number of hydrogen-bond acceptors (Lipinski definition) is 11. The first-order valence-corrected chi connectivity index (χ1v) is 25.4. The molecule has 1 aliphatic rings. The molecule has 0 aromatic rings. The Kier molecular flexibility index (Phi) is 35.2. The number of ether oxygens (including phenoxy) is 2. The standard InChI is InChI=1S/C47H86NO11P/c1-3-5-7-8-9-10-11-12-13-14-15-16-17-18-19-20-21-22-27-31-46(52)56-38-41(39-58-60(54,55)57-36-35-48)59-47(53)32-28-24-23-26-30-42-43(45(51)37-44(42)50)34-33-40(49)29-25-6-4-2/h23,26,33-34,40-43,45,49,51H,3-22,24-25,27-32,35-39,48H2,1-2H3,(H,54,55)/b26-23-,34-33+/t40-,41+,42+,43+,45+/m0/s1. The molecule has 1 aliphatic carbocycles. The van der Waals surface area contributed by atoms with E-state index in [4.69, 9.17) is 24.3 Å². The average molecular weight is 872 g/mol. The molecule has 1 rings (SSSR count). The maximum atomic E-state index is 12.7. The van der Waals surface area contributed by atoms with E-state index in [0.29, 0.717) is 32.1 Å². The normalized spacial score (nSPS) is 19.0. The van der Waals surface area contributed by atoms with Crippen molar-refractivity contribution in [2.24, 2.45) is 17.6 Å². The third kappa shape index (κ3) is 31.0. The molecule has 13 heteroatoms. The van der Waals surface area contributed by atoms with Crippen LogP contribution in [0.4, 0.5) is 0 Å². The summed E-state index contributed by atoms with van der Waals surface area (Å²) in [5.74, 6) is -1.75. The van der Waals surface area contributed by atoms with Crippen molar-refractivity contribution in [3.05, 3.63) is 24.3 Å². The van der Waals surface area contributed by atoms with Crippen LogP contribution in [-0.4, -0.2) is 77.5 Å². The Balaban J connectivity index is 2.33. The largest absolute Gasteiger partial charge is 0.472 e. The summed E-state index contributed by atoms with van der Waals surface area (Å²) < 4.78 is 32.8. The molecule has 0 heterocycles. The highest BCUT2D eigenvalue weighted by atomic mass is 31.2. The number of ketones is 1. The molecule has 12 nitrogen and oxygen atoms in total. The second-order valence-corrected chi connectivity index (χ2v) is 18.2. The third-order valence-electron chi connectivity index (χ3n) is 11.2. The molecule has 0 spiro atoms. The number of unbranched alkanes of at least 4 members (excludes halogenated alkanes) is 21. The molecule has 0 aliphatic heterocycles. The van der Waals surface area contributed by atoms with E-state index in [-0.39, 0.29) is 56.6 Å². The fraction of sp³-hybridized carbons (Fsp3) is 0.851. The highest BCUT2D eigenvalue weighted by Gasteiger charge is 2.39. The van der Waals surface area contributed by atoms with Crippen molar-refractivity contribution in [1.29, 1.82) is 0 Å². The van der Waals surface area contributed by atoms with Crippen molar-refractivity contribution in [2.45, 2.75) is 218 Å². The second-order valence-electron chi connectivity index (χ2n) is 16.8. The highest BCUT2D eigenvalue weighted by Crippen LogP contribution is 2.43. The number of rotatable bonds is 41. The number of esters is 2. The topological polar surface area (TPSA) is 192 Å². The van der Waals surface area contributed by atoms with Crippen LogP contribution in [0, 0.1) is 11.8 Å².